The first kappa shape index (κ1) is 21.9. The number of nitrogens with zero attached hydrogens (tertiary/aromatic N) is 1. The maximum absolute atomic E-state index is 13.0. The Kier molecular flexibility index (Phi) is 8.06. The number of carbonyl (C=O) groups is 3. The molecular formula is C20H33N3O3. The SMILES string of the molecule is CCCN(CCC)C(=O)C1=CC(C(N)=O)=CC(CCC(C)C)(C(N)=O)C1. The molecule has 26 heavy (non-hydrogen) atoms. The van der Waals surface area contributed by atoms with Crippen molar-refractivity contribution in [2.45, 2.75) is 59.8 Å². The highest BCUT2D eigenvalue weighted by molar-refractivity contribution is 6.03. The lowest BCUT2D eigenvalue weighted by molar-refractivity contribution is -0.128. The van der Waals surface area contributed by atoms with Crippen LogP contribution in [0.1, 0.15) is 59.8 Å². The molecule has 1 atom stereocenters. The second-order valence-corrected chi connectivity index (χ2v) is 7.56. The highest BCUT2D eigenvalue weighted by Gasteiger charge is 2.40. The molecular weight excluding hydrogens is 330 g/mol. The molecule has 1 aliphatic carbocycles. The standard InChI is InChI=1S/C20H33N3O3/c1-5-9-23(10-6-2)18(25)16-11-15(17(21)24)12-20(13-16,19(22)26)8-7-14(3)4/h11-12,14H,5-10,13H2,1-4H3,(H2,21,24)(H2,22,26). The van der Waals surface area contributed by atoms with E-state index < -0.39 is 17.2 Å². The van der Waals surface area contributed by atoms with Crippen LogP contribution in [-0.4, -0.2) is 35.7 Å². The lowest BCUT2D eigenvalue weighted by atomic mass is 9.71. The summed E-state index contributed by atoms with van der Waals surface area (Å²) < 4.78 is 0. The molecule has 6 nitrogen and oxygen atoms in total. The summed E-state index contributed by atoms with van der Waals surface area (Å²) in [6.45, 7) is 9.40. The number of primary amides is 2. The van der Waals surface area contributed by atoms with Crippen molar-refractivity contribution in [2.24, 2.45) is 22.8 Å². The summed E-state index contributed by atoms with van der Waals surface area (Å²) in [4.78, 5) is 38.9. The number of carbonyl (C=O) groups excluding carboxylic acids is 3. The maximum Gasteiger partial charge on any atom is 0.249 e. The zero-order valence-corrected chi connectivity index (χ0v) is 16.5. The fraction of sp³-hybridized carbons (Fsp3) is 0.650. The minimum atomic E-state index is -1.04. The van der Waals surface area contributed by atoms with E-state index in [1.54, 1.807) is 11.0 Å². The number of hydrogen-bond acceptors (Lipinski definition) is 3. The van der Waals surface area contributed by atoms with E-state index in [2.05, 4.69) is 13.8 Å². The van der Waals surface area contributed by atoms with Crippen molar-refractivity contribution >= 4 is 17.7 Å². The molecule has 1 rings (SSSR count). The molecule has 0 heterocycles. The lowest BCUT2D eigenvalue weighted by Crippen LogP contribution is -2.42. The average molecular weight is 364 g/mol. The van der Waals surface area contributed by atoms with E-state index in [-0.39, 0.29) is 17.9 Å². The zero-order valence-electron chi connectivity index (χ0n) is 16.5. The second-order valence-electron chi connectivity index (χ2n) is 7.56. The van der Waals surface area contributed by atoms with Gasteiger partial charge in [-0.05, 0) is 44.1 Å². The van der Waals surface area contributed by atoms with Gasteiger partial charge in [-0.3, -0.25) is 14.4 Å². The van der Waals surface area contributed by atoms with Crippen molar-refractivity contribution in [2.75, 3.05) is 13.1 Å². The van der Waals surface area contributed by atoms with Crippen LogP contribution in [-0.2, 0) is 14.4 Å². The summed E-state index contributed by atoms with van der Waals surface area (Å²) >= 11 is 0. The van der Waals surface area contributed by atoms with Crippen LogP contribution in [0, 0.1) is 11.3 Å². The molecule has 0 fully saturated rings. The predicted molar refractivity (Wildman–Crippen MR) is 103 cm³/mol. The van der Waals surface area contributed by atoms with Gasteiger partial charge in [-0.2, -0.15) is 0 Å². The normalized spacial score (nSPS) is 19.7. The van der Waals surface area contributed by atoms with Crippen LogP contribution in [0.15, 0.2) is 23.3 Å². The van der Waals surface area contributed by atoms with Gasteiger partial charge in [0, 0.05) is 24.2 Å². The molecule has 0 bridgehead atoms. The van der Waals surface area contributed by atoms with E-state index in [1.807, 2.05) is 13.8 Å². The first-order chi connectivity index (χ1) is 12.2. The predicted octanol–water partition coefficient (Wildman–Crippen LogP) is 2.28. The third kappa shape index (κ3) is 5.44. The largest absolute Gasteiger partial charge is 0.369 e. The van der Waals surface area contributed by atoms with Gasteiger partial charge >= 0.3 is 0 Å². The third-order valence-corrected chi connectivity index (χ3v) is 4.76. The van der Waals surface area contributed by atoms with Gasteiger partial charge in [0.1, 0.15) is 0 Å². The minimum absolute atomic E-state index is 0.143. The summed E-state index contributed by atoms with van der Waals surface area (Å²) in [5.74, 6) is -0.940. The average Bonchev–Trinajstić information content (AvgIpc) is 2.58. The van der Waals surface area contributed by atoms with E-state index in [4.69, 9.17) is 11.5 Å². The molecule has 0 aromatic heterocycles. The van der Waals surface area contributed by atoms with Crippen LogP contribution < -0.4 is 11.5 Å². The topological polar surface area (TPSA) is 106 Å². The second kappa shape index (κ2) is 9.55. The number of hydrogen-bond donors (Lipinski definition) is 2. The Labute approximate surface area is 156 Å². The van der Waals surface area contributed by atoms with Crippen LogP contribution >= 0.6 is 0 Å². The zero-order chi connectivity index (χ0) is 19.9. The van der Waals surface area contributed by atoms with E-state index in [0.29, 0.717) is 31.0 Å². The quantitative estimate of drug-likeness (QED) is 0.622. The molecule has 1 aliphatic rings. The Hall–Kier alpha value is -2.11. The van der Waals surface area contributed by atoms with Gasteiger partial charge in [0.25, 0.3) is 0 Å². The van der Waals surface area contributed by atoms with E-state index >= 15 is 0 Å². The molecule has 0 aromatic rings. The summed E-state index contributed by atoms with van der Waals surface area (Å²) in [5, 5.41) is 0. The van der Waals surface area contributed by atoms with Crippen molar-refractivity contribution in [3.63, 3.8) is 0 Å². The fourth-order valence-corrected chi connectivity index (χ4v) is 3.29. The first-order valence-electron chi connectivity index (χ1n) is 9.49. The van der Waals surface area contributed by atoms with Crippen LogP contribution in [0.4, 0.5) is 0 Å². The van der Waals surface area contributed by atoms with Gasteiger partial charge in [0.2, 0.25) is 17.7 Å². The van der Waals surface area contributed by atoms with E-state index in [1.165, 1.54) is 6.08 Å². The Morgan fingerprint density at radius 1 is 1.15 bits per heavy atom. The van der Waals surface area contributed by atoms with Crippen LogP contribution in [0.3, 0.4) is 0 Å². The summed E-state index contributed by atoms with van der Waals surface area (Å²) in [6.07, 6.45) is 6.25. The Bertz CT molecular complexity index is 601. The van der Waals surface area contributed by atoms with Crippen molar-refractivity contribution in [1.82, 2.24) is 4.90 Å². The van der Waals surface area contributed by atoms with E-state index in [9.17, 15) is 14.4 Å². The van der Waals surface area contributed by atoms with E-state index in [0.717, 1.165) is 19.3 Å². The Morgan fingerprint density at radius 3 is 2.15 bits per heavy atom. The van der Waals surface area contributed by atoms with Crippen LogP contribution in [0.2, 0.25) is 0 Å². The van der Waals surface area contributed by atoms with Gasteiger partial charge in [0.05, 0.1) is 5.41 Å². The van der Waals surface area contributed by atoms with Crippen molar-refractivity contribution in [1.29, 1.82) is 0 Å². The molecule has 4 N–H and O–H groups in total. The summed E-state index contributed by atoms with van der Waals surface area (Å²) in [5.41, 5.74) is 10.8. The van der Waals surface area contributed by atoms with Gasteiger partial charge in [-0.25, -0.2) is 0 Å². The molecule has 0 saturated heterocycles. The fourth-order valence-electron chi connectivity index (χ4n) is 3.29. The number of rotatable bonds is 10. The minimum Gasteiger partial charge on any atom is -0.369 e. The van der Waals surface area contributed by atoms with Gasteiger partial charge in [-0.1, -0.05) is 33.8 Å². The summed E-state index contributed by atoms with van der Waals surface area (Å²) in [6, 6.07) is 0. The molecule has 0 saturated carbocycles. The Balaban J connectivity index is 3.28. The first-order valence-corrected chi connectivity index (χ1v) is 9.49. The maximum atomic E-state index is 13.0. The lowest BCUT2D eigenvalue weighted by Gasteiger charge is -2.34. The number of amides is 3. The Morgan fingerprint density at radius 2 is 1.73 bits per heavy atom. The molecule has 0 aromatic carbocycles. The van der Waals surface area contributed by atoms with Crippen molar-refractivity contribution in [3.05, 3.63) is 23.3 Å². The smallest absolute Gasteiger partial charge is 0.249 e. The summed E-state index contributed by atoms with van der Waals surface area (Å²) in [7, 11) is 0. The van der Waals surface area contributed by atoms with Crippen LogP contribution in [0.5, 0.6) is 0 Å². The molecule has 0 spiro atoms. The highest BCUT2D eigenvalue weighted by Crippen LogP contribution is 2.39. The molecule has 3 amide bonds. The molecule has 0 radical (unpaired) electrons. The number of nitrogens with two attached hydrogens (primary N) is 2. The molecule has 1 unspecified atom stereocenters. The molecule has 6 heteroatoms. The van der Waals surface area contributed by atoms with Gasteiger partial charge in [0.15, 0.2) is 0 Å². The molecule has 146 valence electrons. The highest BCUT2D eigenvalue weighted by atomic mass is 16.2. The van der Waals surface area contributed by atoms with Crippen molar-refractivity contribution < 1.29 is 14.4 Å². The third-order valence-electron chi connectivity index (χ3n) is 4.76. The monoisotopic (exact) mass is 363 g/mol. The van der Waals surface area contributed by atoms with Crippen molar-refractivity contribution in [3.8, 4) is 0 Å². The van der Waals surface area contributed by atoms with Crippen LogP contribution in [0.25, 0.3) is 0 Å². The van der Waals surface area contributed by atoms with Gasteiger partial charge in [-0.15, -0.1) is 0 Å². The molecule has 0 aliphatic heterocycles. The van der Waals surface area contributed by atoms with Gasteiger partial charge < -0.3 is 16.4 Å².